The van der Waals surface area contributed by atoms with Gasteiger partial charge in [-0.25, -0.2) is 0 Å². The van der Waals surface area contributed by atoms with Gasteiger partial charge in [-0.15, -0.1) is 0 Å². The number of rotatable bonds is 2. The molecule has 0 bridgehead atoms. The van der Waals surface area contributed by atoms with E-state index in [9.17, 15) is 4.79 Å². The lowest BCUT2D eigenvalue weighted by atomic mass is 9.97. The maximum Gasteiger partial charge on any atom is 0.263 e. The fourth-order valence-corrected chi connectivity index (χ4v) is 2.23. The summed E-state index contributed by atoms with van der Waals surface area (Å²) in [6, 6.07) is 5.54. The van der Waals surface area contributed by atoms with E-state index in [1.165, 1.54) is 0 Å². The van der Waals surface area contributed by atoms with Crippen molar-refractivity contribution in [3.8, 4) is 6.07 Å². The van der Waals surface area contributed by atoms with Gasteiger partial charge in [-0.1, -0.05) is 13.0 Å². The highest BCUT2D eigenvalue weighted by Gasteiger charge is 2.15. The van der Waals surface area contributed by atoms with Crippen LogP contribution in [0.3, 0.4) is 0 Å². The van der Waals surface area contributed by atoms with E-state index in [0.29, 0.717) is 5.56 Å². The Labute approximate surface area is 97.1 Å². The minimum Gasteiger partial charge on any atom is -0.277 e. The Kier molecular flexibility index (Phi) is 3.64. The summed E-state index contributed by atoms with van der Waals surface area (Å²) >= 11 is 2.09. The molecule has 0 amide bonds. The largest absolute Gasteiger partial charge is 0.277 e. The minimum absolute atomic E-state index is 0.435. The second-order valence-electron chi connectivity index (χ2n) is 3.01. The van der Waals surface area contributed by atoms with Crippen molar-refractivity contribution in [1.82, 2.24) is 0 Å². The van der Waals surface area contributed by atoms with Gasteiger partial charge in [0.05, 0.1) is 0 Å². The van der Waals surface area contributed by atoms with E-state index in [1.54, 1.807) is 6.07 Å². The van der Waals surface area contributed by atoms with E-state index in [0.717, 1.165) is 21.1 Å². The third kappa shape index (κ3) is 1.95. The topological polar surface area (TPSA) is 40.9 Å². The van der Waals surface area contributed by atoms with Gasteiger partial charge in [-0.05, 0) is 53.1 Å². The number of nitriles is 1. The zero-order valence-corrected chi connectivity index (χ0v) is 10.3. The normalized spacial score (nSPS) is 9.57. The van der Waals surface area contributed by atoms with Crippen molar-refractivity contribution in [3.63, 3.8) is 0 Å². The number of carbonyl (C=O) groups is 1. The number of halogens is 1. The monoisotopic (exact) mass is 299 g/mol. The standard InChI is InChI=1S/C11H10INO/c1-3-8-7(2)4-5-9(12)11(8)10(14)6-13/h4-5H,3H2,1-2H3. The molecule has 2 nitrogen and oxygen atoms in total. The number of carbonyl (C=O) groups excluding carboxylic acids is 1. The van der Waals surface area contributed by atoms with Crippen molar-refractivity contribution in [3.05, 3.63) is 32.4 Å². The molecule has 0 unspecified atom stereocenters. The predicted octanol–water partition coefficient (Wildman–Crippen LogP) is 2.87. The van der Waals surface area contributed by atoms with Gasteiger partial charge in [0.15, 0.2) is 0 Å². The molecule has 0 fully saturated rings. The Morgan fingerprint density at radius 2 is 2.21 bits per heavy atom. The molecular formula is C11H10INO. The Morgan fingerprint density at radius 3 is 2.71 bits per heavy atom. The highest BCUT2D eigenvalue weighted by atomic mass is 127. The number of Topliss-reactive ketones (excluding diaryl/α,β-unsaturated/α-hetero) is 1. The molecule has 3 heteroatoms. The highest BCUT2D eigenvalue weighted by Crippen LogP contribution is 2.21. The van der Waals surface area contributed by atoms with Crippen molar-refractivity contribution in [2.75, 3.05) is 0 Å². The molecule has 0 saturated carbocycles. The van der Waals surface area contributed by atoms with E-state index < -0.39 is 5.78 Å². The molecular weight excluding hydrogens is 289 g/mol. The number of benzene rings is 1. The number of nitrogens with zero attached hydrogens (tertiary/aromatic N) is 1. The van der Waals surface area contributed by atoms with Crippen LogP contribution in [0.1, 0.15) is 28.4 Å². The SMILES string of the molecule is CCc1c(C)ccc(I)c1C(=O)C#N. The molecule has 0 aliphatic rings. The van der Waals surface area contributed by atoms with E-state index in [4.69, 9.17) is 5.26 Å². The van der Waals surface area contributed by atoms with Crippen LogP contribution in [0.2, 0.25) is 0 Å². The first-order chi connectivity index (χ1) is 6.61. The van der Waals surface area contributed by atoms with E-state index in [-0.39, 0.29) is 0 Å². The summed E-state index contributed by atoms with van der Waals surface area (Å²) in [5, 5.41) is 8.62. The summed E-state index contributed by atoms with van der Waals surface area (Å²) in [5.74, 6) is -0.435. The highest BCUT2D eigenvalue weighted by molar-refractivity contribution is 14.1. The molecule has 0 aliphatic heterocycles. The van der Waals surface area contributed by atoms with E-state index in [1.807, 2.05) is 26.0 Å². The van der Waals surface area contributed by atoms with Crippen LogP contribution in [0.15, 0.2) is 12.1 Å². The summed E-state index contributed by atoms with van der Waals surface area (Å²) in [7, 11) is 0. The molecule has 0 saturated heterocycles. The first kappa shape index (κ1) is 11.2. The number of hydrogen-bond donors (Lipinski definition) is 0. The Balaban J connectivity index is 3.47. The van der Waals surface area contributed by atoms with Gasteiger partial charge >= 0.3 is 0 Å². The Hall–Kier alpha value is -0.890. The summed E-state index contributed by atoms with van der Waals surface area (Å²) in [6.07, 6.45) is 0.783. The van der Waals surface area contributed by atoms with Crippen LogP contribution in [0, 0.1) is 21.8 Å². The van der Waals surface area contributed by atoms with Gasteiger partial charge < -0.3 is 0 Å². The zero-order chi connectivity index (χ0) is 10.7. The molecule has 0 heterocycles. The molecule has 0 radical (unpaired) electrons. The van der Waals surface area contributed by atoms with Crippen LogP contribution >= 0.6 is 22.6 Å². The third-order valence-electron chi connectivity index (χ3n) is 2.18. The van der Waals surface area contributed by atoms with Crippen LogP contribution in [-0.2, 0) is 6.42 Å². The molecule has 1 rings (SSSR count). The molecule has 1 aromatic carbocycles. The zero-order valence-electron chi connectivity index (χ0n) is 8.10. The number of ketones is 1. The minimum atomic E-state index is -0.435. The van der Waals surface area contributed by atoms with Crippen molar-refractivity contribution in [2.45, 2.75) is 20.3 Å². The molecule has 0 aliphatic carbocycles. The summed E-state index contributed by atoms with van der Waals surface area (Å²) in [5.41, 5.74) is 2.64. The molecule has 14 heavy (non-hydrogen) atoms. The Bertz CT molecular complexity index is 418. The predicted molar refractivity (Wildman–Crippen MR) is 63.2 cm³/mol. The fourth-order valence-electron chi connectivity index (χ4n) is 1.48. The second-order valence-corrected chi connectivity index (χ2v) is 4.17. The lowest BCUT2D eigenvalue weighted by Crippen LogP contribution is -2.05. The van der Waals surface area contributed by atoms with Crippen molar-refractivity contribution >= 4 is 28.4 Å². The average Bonchev–Trinajstić information content (AvgIpc) is 2.19. The first-order valence-corrected chi connectivity index (χ1v) is 5.42. The quantitative estimate of drug-likeness (QED) is 0.478. The van der Waals surface area contributed by atoms with E-state index in [2.05, 4.69) is 22.6 Å². The van der Waals surface area contributed by atoms with Gasteiger partial charge in [-0.2, -0.15) is 5.26 Å². The number of hydrogen-bond acceptors (Lipinski definition) is 2. The van der Waals surface area contributed by atoms with Gasteiger partial charge in [-0.3, -0.25) is 4.79 Å². The van der Waals surface area contributed by atoms with Crippen LogP contribution in [0.25, 0.3) is 0 Å². The van der Waals surface area contributed by atoms with Gasteiger partial charge in [0.2, 0.25) is 0 Å². The smallest absolute Gasteiger partial charge is 0.263 e. The maximum absolute atomic E-state index is 11.4. The molecule has 0 aromatic heterocycles. The molecule has 0 N–H and O–H groups in total. The molecule has 0 spiro atoms. The van der Waals surface area contributed by atoms with Gasteiger partial charge in [0.1, 0.15) is 6.07 Å². The molecule has 0 atom stereocenters. The second kappa shape index (κ2) is 4.56. The first-order valence-electron chi connectivity index (χ1n) is 4.34. The van der Waals surface area contributed by atoms with Gasteiger partial charge in [0, 0.05) is 9.13 Å². The van der Waals surface area contributed by atoms with Crippen LogP contribution in [-0.4, -0.2) is 5.78 Å². The van der Waals surface area contributed by atoms with Crippen LogP contribution in [0.4, 0.5) is 0 Å². The van der Waals surface area contributed by atoms with Crippen molar-refractivity contribution < 1.29 is 4.79 Å². The number of aryl methyl sites for hydroxylation is 1. The molecule has 1 aromatic rings. The lowest BCUT2D eigenvalue weighted by Gasteiger charge is -2.09. The lowest BCUT2D eigenvalue weighted by molar-refractivity contribution is 0.105. The Morgan fingerprint density at radius 1 is 1.57 bits per heavy atom. The summed E-state index contributed by atoms with van der Waals surface area (Å²) < 4.78 is 0.858. The fraction of sp³-hybridized carbons (Fsp3) is 0.273. The molecule has 72 valence electrons. The third-order valence-corrected chi connectivity index (χ3v) is 3.08. The van der Waals surface area contributed by atoms with Crippen LogP contribution in [0.5, 0.6) is 0 Å². The summed E-state index contributed by atoms with van der Waals surface area (Å²) in [6.45, 7) is 3.95. The van der Waals surface area contributed by atoms with Gasteiger partial charge in [0.25, 0.3) is 5.78 Å². The van der Waals surface area contributed by atoms with Crippen molar-refractivity contribution in [1.29, 1.82) is 5.26 Å². The average molecular weight is 299 g/mol. The van der Waals surface area contributed by atoms with Crippen LogP contribution < -0.4 is 0 Å². The maximum atomic E-state index is 11.4. The van der Waals surface area contributed by atoms with Crippen molar-refractivity contribution in [2.24, 2.45) is 0 Å². The van der Waals surface area contributed by atoms with E-state index >= 15 is 0 Å². The summed E-state index contributed by atoms with van der Waals surface area (Å²) in [4.78, 5) is 11.4.